The van der Waals surface area contributed by atoms with E-state index in [1.165, 1.54) is 17.5 Å². The second-order valence-corrected chi connectivity index (χ2v) is 5.33. The van der Waals surface area contributed by atoms with Gasteiger partial charge in [-0.15, -0.1) is 11.3 Å². The molecule has 3 rings (SSSR count). The summed E-state index contributed by atoms with van der Waals surface area (Å²) in [6.45, 7) is 0.360. The Morgan fingerprint density at radius 1 is 1.14 bits per heavy atom. The van der Waals surface area contributed by atoms with E-state index in [0.717, 1.165) is 11.4 Å². The van der Waals surface area contributed by atoms with E-state index in [2.05, 4.69) is 15.3 Å². The summed E-state index contributed by atoms with van der Waals surface area (Å²) in [4.78, 5) is 20.2. The average Bonchev–Trinajstić information content (AvgIpc) is 3.07. The van der Waals surface area contributed by atoms with E-state index in [1.807, 2.05) is 30.3 Å². The van der Waals surface area contributed by atoms with Gasteiger partial charge in [-0.05, 0) is 24.3 Å². The number of benzene rings is 1. The zero-order valence-electron chi connectivity index (χ0n) is 11.6. The van der Waals surface area contributed by atoms with Crippen molar-refractivity contribution in [2.75, 3.05) is 5.32 Å². The highest BCUT2D eigenvalue weighted by Crippen LogP contribution is 2.13. The smallest absolute Gasteiger partial charge is 0.259 e. The van der Waals surface area contributed by atoms with Gasteiger partial charge >= 0.3 is 0 Å². The third kappa shape index (κ3) is 3.67. The van der Waals surface area contributed by atoms with Crippen molar-refractivity contribution >= 4 is 22.4 Å². The molecule has 0 aliphatic carbocycles. The lowest BCUT2D eigenvalue weighted by molar-refractivity contribution is 0.102. The summed E-state index contributed by atoms with van der Waals surface area (Å²) in [7, 11) is 0. The third-order valence-corrected chi connectivity index (χ3v) is 3.56. The summed E-state index contributed by atoms with van der Waals surface area (Å²) in [6, 6.07) is 13.0. The van der Waals surface area contributed by atoms with Crippen molar-refractivity contribution < 1.29 is 9.53 Å². The van der Waals surface area contributed by atoms with Crippen LogP contribution in [0.3, 0.4) is 0 Å². The summed E-state index contributed by atoms with van der Waals surface area (Å²) in [5.41, 5.74) is 1.24. The van der Waals surface area contributed by atoms with E-state index in [9.17, 15) is 4.79 Å². The topological polar surface area (TPSA) is 64.1 Å². The van der Waals surface area contributed by atoms with Gasteiger partial charge in [0.15, 0.2) is 5.13 Å². The Hall–Kier alpha value is -2.73. The van der Waals surface area contributed by atoms with E-state index in [0.29, 0.717) is 17.3 Å². The summed E-state index contributed by atoms with van der Waals surface area (Å²) in [5, 5.41) is 5.09. The van der Waals surface area contributed by atoms with Crippen molar-refractivity contribution in [1.82, 2.24) is 9.97 Å². The number of amides is 1. The highest BCUT2D eigenvalue weighted by atomic mass is 32.1. The Morgan fingerprint density at radius 2 is 2.00 bits per heavy atom. The maximum Gasteiger partial charge on any atom is 0.259 e. The number of aromatic nitrogens is 2. The molecule has 3 aromatic rings. The van der Waals surface area contributed by atoms with E-state index in [4.69, 9.17) is 4.74 Å². The first-order chi connectivity index (χ1) is 10.8. The number of para-hydroxylation sites is 1. The number of nitrogens with one attached hydrogen (secondary N) is 1. The number of rotatable bonds is 5. The minimum Gasteiger partial charge on any atom is -0.487 e. The minimum atomic E-state index is -0.224. The van der Waals surface area contributed by atoms with Crippen molar-refractivity contribution in [1.29, 1.82) is 0 Å². The van der Waals surface area contributed by atoms with Gasteiger partial charge < -0.3 is 4.74 Å². The molecule has 6 heteroatoms. The van der Waals surface area contributed by atoms with Crippen molar-refractivity contribution in [3.63, 3.8) is 0 Å². The summed E-state index contributed by atoms with van der Waals surface area (Å²) in [6.07, 6.45) is 3.18. The molecule has 22 heavy (non-hydrogen) atoms. The molecule has 1 amide bonds. The number of hydrogen-bond acceptors (Lipinski definition) is 5. The molecule has 0 saturated carbocycles. The maximum absolute atomic E-state index is 12.0. The standard InChI is InChI=1S/C16H13N3O2S/c20-15(19-16-17-8-9-22-16)12-6-7-13(18-10-12)11-21-14-4-2-1-3-5-14/h1-10H,11H2,(H,17,19,20). The lowest BCUT2D eigenvalue weighted by atomic mass is 10.2. The molecule has 0 saturated heterocycles. The van der Waals surface area contributed by atoms with E-state index in [1.54, 1.807) is 23.7 Å². The Kier molecular flexibility index (Phi) is 4.41. The number of pyridine rings is 1. The van der Waals surface area contributed by atoms with Crippen LogP contribution in [0.25, 0.3) is 0 Å². The number of carbonyl (C=O) groups excluding carboxylic acids is 1. The fourth-order valence-corrected chi connectivity index (χ4v) is 2.30. The van der Waals surface area contributed by atoms with Crippen molar-refractivity contribution in [2.24, 2.45) is 0 Å². The zero-order valence-corrected chi connectivity index (χ0v) is 12.4. The highest BCUT2D eigenvalue weighted by molar-refractivity contribution is 7.13. The van der Waals surface area contributed by atoms with E-state index >= 15 is 0 Å². The number of nitrogens with zero attached hydrogens (tertiary/aromatic N) is 2. The lowest BCUT2D eigenvalue weighted by Crippen LogP contribution is -2.12. The van der Waals surface area contributed by atoms with Crippen LogP contribution in [0.15, 0.2) is 60.2 Å². The first kappa shape index (κ1) is 14.2. The number of ether oxygens (including phenoxy) is 1. The Morgan fingerprint density at radius 3 is 2.68 bits per heavy atom. The van der Waals surface area contributed by atoms with Crippen LogP contribution in [0.1, 0.15) is 16.1 Å². The number of thiazole rings is 1. The molecule has 110 valence electrons. The molecule has 0 atom stereocenters. The fourth-order valence-electron chi connectivity index (χ4n) is 1.77. The first-order valence-electron chi connectivity index (χ1n) is 6.65. The van der Waals surface area contributed by atoms with Gasteiger partial charge in [0.25, 0.3) is 5.91 Å². The third-order valence-electron chi connectivity index (χ3n) is 2.87. The Labute approximate surface area is 131 Å². The number of anilines is 1. The maximum atomic E-state index is 12.0. The molecule has 0 fully saturated rings. The monoisotopic (exact) mass is 311 g/mol. The van der Waals surface area contributed by atoms with Gasteiger partial charge in [0, 0.05) is 17.8 Å². The van der Waals surface area contributed by atoms with Gasteiger partial charge in [-0.2, -0.15) is 0 Å². The predicted molar refractivity (Wildman–Crippen MR) is 85.1 cm³/mol. The van der Waals surface area contributed by atoms with Crippen LogP contribution >= 0.6 is 11.3 Å². The molecule has 0 radical (unpaired) electrons. The quantitative estimate of drug-likeness (QED) is 0.784. The zero-order chi connectivity index (χ0) is 15.2. The van der Waals surface area contributed by atoms with Gasteiger partial charge in [-0.25, -0.2) is 4.98 Å². The van der Waals surface area contributed by atoms with Gasteiger partial charge in [0.1, 0.15) is 12.4 Å². The predicted octanol–water partition coefficient (Wildman–Crippen LogP) is 3.37. The van der Waals surface area contributed by atoms with Gasteiger partial charge in [0.05, 0.1) is 11.3 Å². The SMILES string of the molecule is O=C(Nc1nccs1)c1ccc(COc2ccccc2)nc1. The molecule has 0 aliphatic heterocycles. The van der Waals surface area contributed by atoms with Crippen LogP contribution in [-0.4, -0.2) is 15.9 Å². The molecule has 1 N–H and O–H groups in total. The molecule has 2 aromatic heterocycles. The molecule has 0 unspecified atom stereocenters. The second-order valence-electron chi connectivity index (χ2n) is 4.43. The molecule has 2 heterocycles. The summed E-state index contributed by atoms with van der Waals surface area (Å²) < 4.78 is 5.61. The molecule has 0 spiro atoms. The van der Waals surface area contributed by atoms with Crippen LogP contribution in [0.2, 0.25) is 0 Å². The largest absolute Gasteiger partial charge is 0.487 e. The number of hydrogen-bond donors (Lipinski definition) is 1. The van der Waals surface area contributed by atoms with Gasteiger partial charge in [-0.3, -0.25) is 15.1 Å². The molecular formula is C16H13N3O2S. The number of carbonyl (C=O) groups is 1. The van der Waals surface area contributed by atoms with Gasteiger partial charge in [-0.1, -0.05) is 18.2 Å². The van der Waals surface area contributed by atoms with Crippen LogP contribution in [-0.2, 0) is 6.61 Å². The van der Waals surface area contributed by atoms with Crippen LogP contribution in [0.4, 0.5) is 5.13 Å². The van der Waals surface area contributed by atoms with Crippen molar-refractivity contribution in [2.45, 2.75) is 6.61 Å². The van der Waals surface area contributed by atoms with E-state index < -0.39 is 0 Å². The van der Waals surface area contributed by atoms with Crippen LogP contribution < -0.4 is 10.1 Å². The minimum absolute atomic E-state index is 0.224. The fraction of sp³-hybridized carbons (Fsp3) is 0.0625. The van der Waals surface area contributed by atoms with Crippen molar-refractivity contribution in [3.8, 4) is 5.75 Å². The Balaban J connectivity index is 1.59. The normalized spacial score (nSPS) is 10.2. The second kappa shape index (κ2) is 6.82. The first-order valence-corrected chi connectivity index (χ1v) is 7.53. The molecular weight excluding hydrogens is 298 g/mol. The molecule has 0 aliphatic rings. The van der Waals surface area contributed by atoms with Crippen molar-refractivity contribution in [3.05, 3.63) is 71.5 Å². The summed E-state index contributed by atoms with van der Waals surface area (Å²) in [5.74, 6) is 0.563. The highest BCUT2D eigenvalue weighted by Gasteiger charge is 2.08. The summed E-state index contributed by atoms with van der Waals surface area (Å²) >= 11 is 1.37. The molecule has 0 bridgehead atoms. The molecule has 1 aromatic carbocycles. The van der Waals surface area contributed by atoms with Gasteiger partial charge in [0.2, 0.25) is 0 Å². The van der Waals surface area contributed by atoms with Crippen LogP contribution in [0, 0.1) is 0 Å². The average molecular weight is 311 g/mol. The molecule has 5 nitrogen and oxygen atoms in total. The Bertz CT molecular complexity index is 728. The lowest BCUT2D eigenvalue weighted by Gasteiger charge is -2.06. The van der Waals surface area contributed by atoms with Crippen LogP contribution in [0.5, 0.6) is 5.75 Å². The van der Waals surface area contributed by atoms with E-state index in [-0.39, 0.29) is 5.91 Å².